The summed E-state index contributed by atoms with van der Waals surface area (Å²) in [6, 6.07) is 6.60. The van der Waals surface area contributed by atoms with Crippen molar-refractivity contribution < 1.29 is 23.9 Å². The van der Waals surface area contributed by atoms with E-state index in [0.717, 1.165) is 34.8 Å². The van der Waals surface area contributed by atoms with Crippen LogP contribution in [0.1, 0.15) is 65.9 Å². The molecule has 7 nitrogen and oxygen atoms in total. The maximum atomic E-state index is 13.9. The van der Waals surface area contributed by atoms with Crippen LogP contribution in [0.15, 0.2) is 24.3 Å². The number of amides is 2. The third kappa shape index (κ3) is 11.3. The van der Waals surface area contributed by atoms with E-state index in [-0.39, 0.29) is 5.91 Å². The molecule has 0 saturated carbocycles. The molecule has 0 aliphatic rings. The van der Waals surface area contributed by atoms with E-state index in [1.54, 1.807) is 39.6 Å². The number of esters is 1. The van der Waals surface area contributed by atoms with Gasteiger partial charge in [0.15, 0.2) is 5.97 Å². The van der Waals surface area contributed by atoms with E-state index in [1.165, 1.54) is 18.4 Å². The van der Waals surface area contributed by atoms with Gasteiger partial charge in [-0.05, 0) is 67.5 Å². The number of carbonyl (C=O) groups is 3. The number of unbranched alkanes of at least 4 members (excludes halogenated alkanes) is 3. The molecular weight excluding hydrogens is 814 g/mol. The number of ether oxygens (including phenoxy) is 2. The Morgan fingerprint density at radius 2 is 1.69 bits per heavy atom. The SMILES string of the molecule is CCCCCCN(C(=O)C(Cc1ccc(I)cc1)N(C)C(=O)OC(C)(C)C)C(C)[CH-]C(=O)OC.[Rf]. The van der Waals surface area contributed by atoms with Crippen molar-refractivity contribution in [1.82, 2.24) is 9.80 Å². The number of benzene rings is 1. The van der Waals surface area contributed by atoms with Crippen LogP contribution in [0.25, 0.3) is 0 Å². The van der Waals surface area contributed by atoms with E-state index in [9.17, 15) is 14.4 Å². The molecule has 0 heterocycles. The number of carbonyl (C=O) groups excluding carboxylic acids is 3. The van der Waals surface area contributed by atoms with Gasteiger partial charge >= 0.3 is 6.09 Å². The Labute approximate surface area is 218 Å². The van der Waals surface area contributed by atoms with E-state index in [4.69, 9.17) is 9.47 Å². The average Bonchev–Trinajstić information content (AvgIpc) is 2.76. The van der Waals surface area contributed by atoms with Gasteiger partial charge in [0, 0.05) is 23.6 Å². The quantitative estimate of drug-likeness (QED) is 0.125. The van der Waals surface area contributed by atoms with Gasteiger partial charge in [0.25, 0.3) is 0 Å². The Kier molecular flexibility index (Phi) is 13.8. The molecule has 0 N–H and O–H groups in total. The molecule has 0 spiro atoms. The van der Waals surface area contributed by atoms with Crippen LogP contribution < -0.4 is 0 Å². The van der Waals surface area contributed by atoms with E-state index in [2.05, 4.69) is 29.5 Å². The summed E-state index contributed by atoms with van der Waals surface area (Å²) in [5.74, 6) is -0.718. The molecule has 2 atom stereocenters. The fourth-order valence-corrected chi connectivity index (χ4v) is 3.82. The molecule has 0 aliphatic carbocycles. The van der Waals surface area contributed by atoms with Gasteiger partial charge in [0.05, 0.1) is 7.11 Å². The summed E-state index contributed by atoms with van der Waals surface area (Å²) in [5, 5.41) is 0. The number of methoxy groups -OCH3 is 1. The Bertz CT molecular complexity index is 798. The number of hydrogen-bond acceptors (Lipinski definition) is 5. The van der Waals surface area contributed by atoms with Crippen LogP contribution in [0.4, 0.5) is 4.79 Å². The fourth-order valence-electron chi connectivity index (χ4n) is 3.46. The largest absolute Gasteiger partial charge is 0.491 e. The summed E-state index contributed by atoms with van der Waals surface area (Å²) in [6.07, 6.45) is 5.11. The van der Waals surface area contributed by atoms with Crippen LogP contribution in [0.3, 0.4) is 0 Å². The molecule has 35 heavy (non-hydrogen) atoms. The first-order chi connectivity index (χ1) is 15.9. The molecule has 1 rings (SSSR count). The molecule has 0 saturated heterocycles. The number of likely N-dealkylation sites (N-methyl/N-ethyl adjacent to an activating group) is 1. The van der Waals surface area contributed by atoms with Crippen LogP contribution in [-0.4, -0.2) is 66.2 Å². The predicted molar refractivity (Wildman–Crippen MR) is 142 cm³/mol. The normalized spacial score (nSPS) is 12.6. The minimum atomic E-state index is -0.783. The third-order valence-electron chi connectivity index (χ3n) is 5.38. The van der Waals surface area contributed by atoms with Crippen molar-refractivity contribution in [3.05, 3.63) is 39.8 Å². The van der Waals surface area contributed by atoms with Crippen molar-refractivity contribution in [2.45, 2.75) is 84.4 Å². The summed E-state index contributed by atoms with van der Waals surface area (Å²) >= 11 is 2.23. The third-order valence-corrected chi connectivity index (χ3v) is 6.10. The number of rotatable bonds is 12. The average molecular weight is 855 g/mol. The van der Waals surface area contributed by atoms with Gasteiger partial charge < -0.3 is 14.4 Å². The monoisotopic (exact) mass is 854 g/mol. The Balaban J connectivity index is 0.0000116. The van der Waals surface area contributed by atoms with Gasteiger partial charge in [0.2, 0.25) is 5.91 Å². The molecule has 194 valence electrons. The summed E-state index contributed by atoms with van der Waals surface area (Å²) in [6.45, 7) is 9.79. The molecule has 0 bridgehead atoms. The zero-order valence-corrected chi connectivity index (χ0v) is 30.9. The Hall–Kier alpha value is -2.97. The van der Waals surface area contributed by atoms with E-state index < -0.39 is 29.7 Å². The topological polar surface area (TPSA) is 76.2 Å². The number of hydrogen-bond donors (Lipinski definition) is 0. The van der Waals surface area contributed by atoms with Crippen molar-refractivity contribution in [2.24, 2.45) is 0 Å². The molecule has 0 radical (unpaired) electrons. The van der Waals surface area contributed by atoms with Gasteiger partial charge in [0.1, 0.15) is 11.6 Å². The van der Waals surface area contributed by atoms with Gasteiger partial charge in [-0.15, -0.1) is 0 Å². The number of nitrogens with zero attached hydrogens (tertiary/aromatic N) is 2. The maximum absolute atomic E-state index is 13.9. The molecule has 0 aliphatic heterocycles. The summed E-state index contributed by atoms with van der Waals surface area (Å²) in [5.41, 5.74) is 0.248. The van der Waals surface area contributed by atoms with Crippen LogP contribution in [0.5, 0.6) is 0 Å². The zero-order valence-electron chi connectivity index (χ0n) is 22.3. The van der Waals surface area contributed by atoms with Gasteiger partial charge in [-0.3, -0.25) is 20.9 Å². The molecule has 2 unspecified atom stereocenters. The molecule has 0 fully saturated rings. The van der Waals surface area contributed by atoms with Crippen LogP contribution >= 0.6 is 22.6 Å². The first kappa shape index (κ1) is 32.0. The maximum Gasteiger partial charge on any atom is 0.410 e. The first-order valence-corrected chi connectivity index (χ1v) is 12.9. The fraction of sp³-hybridized carbons (Fsp3) is 0.615. The van der Waals surface area contributed by atoms with Gasteiger partial charge in [-0.1, -0.05) is 51.3 Å². The van der Waals surface area contributed by atoms with Crippen LogP contribution in [0, 0.1) is 9.99 Å². The summed E-state index contributed by atoms with van der Waals surface area (Å²) < 4.78 is 11.4. The van der Waals surface area contributed by atoms with Gasteiger partial charge in [-0.2, -0.15) is 0 Å². The van der Waals surface area contributed by atoms with E-state index in [0.29, 0.717) is 13.0 Å². The zero-order chi connectivity index (χ0) is 25.9. The van der Waals surface area contributed by atoms with Crippen molar-refractivity contribution in [3.63, 3.8) is 0 Å². The first-order valence-electron chi connectivity index (χ1n) is 11.8. The molecular formula is C26H40IN2O5Rf-. The number of halogens is 1. The second kappa shape index (κ2) is 15.1. The Morgan fingerprint density at radius 1 is 1.09 bits per heavy atom. The minimum absolute atomic E-state index is 0. The second-order valence-electron chi connectivity index (χ2n) is 9.46. The van der Waals surface area contributed by atoms with Crippen molar-refractivity contribution in [1.29, 1.82) is 0 Å². The predicted octanol–water partition coefficient (Wildman–Crippen LogP) is 5.24. The molecule has 9 heteroatoms. The van der Waals surface area contributed by atoms with E-state index >= 15 is 0 Å². The summed E-state index contributed by atoms with van der Waals surface area (Å²) in [7, 11) is 2.90. The van der Waals surface area contributed by atoms with Crippen LogP contribution in [-0.2, 0) is 25.5 Å². The molecule has 1 aromatic rings. The smallest absolute Gasteiger partial charge is 0.410 e. The van der Waals surface area contributed by atoms with Crippen LogP contribution in [0.2, 0.25) is 0 Å². The minimum Gasteiger partial charge on any atom is -0.491 e. The standard InChI is InChI=1S/C26H40IN2O5.Rf/c1-8-9-10-11-16-29(19(2)17-23(30)33-7)24(31)22(18-20-12-14-21(27)15-13-20)28(6)25(32)34-26(3,4)5;/h12-15,17,19,22H,8-11,16,18H2,1-7H3;/q-1;. The van der Waals surface area contributed by atoms with Gasteiger partial charge in [-0.25, -0.2) is 4.79 Å². The van der Waals surface area contributed by atoms with Crippen molar-refractivity contribution in [2.75, 3.05) is 20.7 Å². The molecule has 0 aromatic heterocycles. The molecule has 2 amide bonds. The van der Waals surface area contributed by atoms with E-state index in [1.807, 2.05) is 24.3 Å². The Morgan fingerprint density at radius 3 is 2.20 bits per heavy atom. The van der Waals surface area contributed by atoms with Crippen molar-refractivity contribution >= 4 is 40.6 Å². The van der Waals surface area contributed by atoms with Crippen molar-refractivity contribution in [3.8, 4) is 0 Å². The summed E-state index contributed by atoms with van der Waals surface area (Å²) in [4.78, 5) is 41.8. The second-order valence-corrected chi connectivity index (χ2v) is 10.7. The molecule has 1 aromatic carbocycles.